The third-order valence-corrected chi connectivity index (χ3v) is 5.88. The SMILES string of the molecule is O=C(/C=C/c1ccccc1Br)N1CCN(Cc2ccc3c(c2)CCO3)CC1. The second-order valence-electron chi connectivity index (χ2n) is 7.00. The summed E-state index contributed by atoms with van der Waals surface area (Å²) in [5, 5.41) is 0. The molecule has 0 radical (unpaired) electrons. The zero-order chi connectivity index (χ0) is 18.6. The molecule has 4 rings (SSSR count). The summed E-state index contributed by atoms with van der Waals surface area (Å²) in [5.41, 5.74) is 3.66. The largest absolute Gasteiger partial charge is 0.493 e. The molecule has 1 amide bonds. The second-order valence-corrected chi connectivity index (χ2v) is 7.85. The number of rotatable bonds is 4. The van der Waals surface area contributed by atoms with E-state index in [0.717, 1.165) is 61.5 Å². The standard InChI is InChI=1S/C22H23BrN2O2/c23-20-4-2-1-3-18(20)6-8-22(26)25-12-10-24(11-13-25)16-17-5-7-21-19(15-17)9-14-27-21/h1-8,15H,9-14,16H2/b8-6+. The number of fused-ring (bicyclic) bond motifs is 1. The lowest BCUT2D eigenvalue weighted by atomic mass is 10.1. The molecule has 4 nitrogen and oxygen atoms in total. The van der Waals surface area contributed by atoms with Gasteiger partial charge in [0.15, 0.2) is 0 Å². The highest BCUT2D eigenvalue weighted by molar-refractivity contribution is 9.10. The lowest BCUT2D eigenvalue weighted by molar-refractivity contribution is -0.127. The van der Waals surface area contributed by atoms with Crippen molar-refractivity contribution in [3.8, 4) is 5.75 Å². The quantitative estimate of drug-likeness (QED) is 0.697. The first-order valence-electron chi connectivity index (χ1n) is 9.37. The summed E-state index contributed by atoms with van der Waals surface area (Å²) in [7, 11) is 0. The predicted molar refractivity (Wildman–Crippen MR) is 111 cm³/mol. The summed E-state index contributed by atoms with van der Waals surface area (Å²) in [6, 6.07) is 14.4. The van der Waals surface area contributed by atoms with Crippen molar-refractivity contribution < 1.29 is 9.53 Å². The van der Waals surface area contributed by atoms with Crippen molar-refractivity contribution >= 4 is 27.9 Å². The van der Waals surface area contributed by atoms with E-state index in [9.17, 15) is 4.79 Å². The molecule has 2 aliphatic rings. The molecule has 140 valence electrons. The van der Waals surface area contributed by atoms with Gasteiger partial charge in [0.1, 0.15) is 5.75 Å². The zero-order valence-corrected chi connectivity index (χ0v) is 16.8. The highest BCUT2D eigenvalue weighted by Crippen LogP contribution is 2.26. The van der Waals surface area contributed by atoms with E-state index in [1.54, 1.807) is 6.08 Å². The van der Waals surface area contributed by atoms with E-state index in [-0.39, 0.29) is 5.91 Å². The summed E-state index contributed by atoms with van der Waals surface area (Å²) in [6.45, 7) is 5.08. The minimum atomic E-state index is 0.0834. The molecule has 2 heterocycles. The normalized spacial score (nSPS) is 17.1. The van der Waals surface area contributed by atoms with Gasteiger partial charge in [0, 0.05) is 49.7 Å². The van der Waals surface area contributed by atoms with Crippen LogP contribution in [0.25, 0.3) is 6.08 Å². The Balaban J connectivity index is 1.29. The van der Waals surface area contributed by atoms with Crippen LogP contribution in [0.5, 0.6) is 5.75 Å². The second kappa shape index (κ2) is 8.28. The van der Waals surface area contributed by atoms with Crippen molar-refractivity contribution in [2.45, 2.75) is 13.0 Å². The summed E-state index contributed by atoms with van der Waals surface area (Å²) in [4.78, 5) is 16.8. The average Bonchev–Trinajstić information content (AvgIpc) is 3.15. The van der Waals surface area contributed by atoms with Gasteiger partial charge >= 0.3 is 0 Å². The van der Waals surface area contributed by atoms with Gasteiger partial charge in [-0.05, 0) is 34.9 Å². The van der Waals surface area contributed by atoms with Crippen LogP contribution in [0.1, 0.15) is 16.7 Å². The van der Waals surface area contributed by atoms with Crippen LogP contribution in [0.15, 0.2) is 53.0 Å². The Morgan fingerprint density at radius 3 is 2.74 bits per heavy atom. The van der Waals surface area contributed by atoms with Crippen LogP contribution in [0.2, 0.25) is 0 Å². The number of piperazine rings is 1. The van der Waals surface area contributed by atoms with Crippen LogP contribution < -0.4 is 4.74 Å². The van der Waals surface area contributed by atoms with Gasteiger partial charge in [-0.25, -0.2) is 0 Å². The minimum absolute atomic E-state index is 0.0834. The van der Waals surface area contributed by atoms with Gasteiger partial charge in [0.05, 0.1) is 6.61 Å². The molecule has 0 aliphatic carbocycles. The van der Waals surface area contributed by atoms with Crippen LogP contribution in [0, 0.1) is 0 Å². The van der Waals surface area contributed by atoms with Crippen molar-refractivity contribution in [3.63, 3.8) is 0 Å². The van der Waals surface area contributed by atoms with E-state index in [1.807, 2.05) is 35.2 Å². The first kappa shape index (κ1) is 18.3. The molecular weight excluding hydrogens is 404 g/mol. The zero-order valence-electron chi connectivity index (χ0n) is 15.2. The van der Waals surface area contributed by atoms with Crippen molar-refractivity contribution in [3.05, 3.63) is 69.7 Å². The molecule has 0 bridgehead atoms. The molecule has 0 atom stereocenters. The Bertz CT molecular complexity index is 857. The Morgan fingerprint density at radius 2 is 1.93 bits per heavy atom. The van der Waals surface area contributed by atoms with Gasteiger partial charge in [-0.3, -0.25) is 9.69 Å². The van der Waals surface area contributed by atoms with Crippen LogP contribution in [-0.4, -0.2) is 48.5 Å². The molecular formula is C22H23BrN2O2. The van der Waals surface area contributed by atoms with Gasteiger partial charge in [0.25, 0.3) is 0 Å². The molecule has 0 N–H and O–H groups in total. The topological polar surface area (TPSA) is 32.8 Å². The molecule has 0 saturated carbocycles. The van der Waals surface area contributed by atoms with E-state index in [0.29, 0.717) is 0 Å². The highest BCUT2D eigenvalue weighted by Gasteiger charge is 2.20. The third kappa shape index (κ3) is 4.42. The lowest BCUT2D eigenvalue weighted by Crippen LogP contribution is -2.47. The van der Waals surface area contributed by atoms with E-state index in [4.69, 9.17) is 4.74 Å². The molecule has 0 unspecified atom stereocenters. The third-order valence-electron chi connectivity index (χ3n) is 5.15. The number of ether oxygens (including phenoxy) is 1. The molecule has 0 aromatic heterocycles. The number of amides is 1. The number of nitrogens with zero attached hydrogens (tertiary/aromatic N) is 2. The lowest BCUT2D eigenvalue weighted by Gasteiger charge is -2.34. The van der Waals surface area contributed by atoms with Crippen LogP contribution in [-0.2, 0) is 17.8 Å². The molecule has 27 heavy (non-hydrogen) atoms. The van der Waals surface area contributed by atoms with Crippen molar-refractivity contribution in [2.24, 2.45) is 0 Å². The number of hydrogen-bond acceptors (Lipinski definition) is 3. The monoisotopic (exact) mass is 426 g/mol. The maximum atomic E-state index is 12.5. The maximum absolute atomic E-state index is 12.5. The molecule has 2 aromatic carbocycles. The Hall–Kier alpha value is -2.11. The fourth-order valence-electron chi connectivity index (χ4n) is 3.60. The first-order valence-corrected chi connectivity index (χ1v) is 10.2. The van der Waals surface area contributed by atoms with Gasteiger partial charge < -0.3 is 9.64 Å². The first-order chi connectivity index (χ1) is 13.2. The van der Waals surface area contributed by atoms with Crippen LogP contribution >= 0.6 is 15.9 Å². The van der Waals surface area contributed by atoms with E-state index in [2.05, 4.69) is 39.0 Å². The molecule has 1 saturated heterocycles. The van der Waals surface area contributed by atoms with Crippen molar-refractivity contribution in [2.75, 3.05) is 32.8 Å². The molecule has 2 aliphatic heterocycles. The number of benzene rings is 2. The minimum Gasteiger partial charge on any atom is -0.493 e. The van der Waals surface area contributed by atoms with Gasteiger partial charge in [-0.15, -0.1) is 0 Å². The van der Waals surface area contributed by atoms with Crippen LogP contribution in [0.3, 0.4) is 0 Å². The molecule has 1 fully saturated rings. The highest BCUT2D eigenvalue weighted by atomic mass is 79.9. The average molecular weight is 427 g/mol. The number of carbonyl (C=O) groups excluding carboxylic acids is 1. The van der Waals surface area contributed by atoms with Gasteiger partial charge in [-0.2, -0.15) is 0 Å². The summed E-state index contributed by atoms with van der Waals surface area (Å²) in [6.07, 6.45) is 4.57. The number of carbonyl (C=O) groups is 1. The molecule has 5 heteroatoms. The smallest absolute Gasteiger partial charge is 0.246 e. The predicted octanol–water partition coefficient (Wildman–Crippen LogP) is 3.74. The maximum Gasteiger partial charge on any atom is 0.246 e. The Morgan fingerprint density at radius 1 is 1.11 bits per heavy atom. The number of hydrogen-bond donors (Lipinski definition) is 0. The van der Waals surface area contributed by atoms with Gasteiger partial charge in [-0.1, -0.05) is 46.3 Å². The van der Waals surface area contributed by atoms with E-state index < -0.39 is 0 Å². The van der Waals surface area contributed by atoms with E-state index in [1.165, 1.54) is 11.1 Å². The fourth-order valence-corrected chi connectivity index (χ4v) is 4.02. The molecule has 2 aromatic rings. The summed E-state index contributed by atoms with van der Waals surface area (Å²) >= 11 is 3.51. The Labute approximate surface area is 168 Å². The Kier molecular flexibility index (Phi) is 5.60. The van der Waals surface area contributed by atoms with Gasteiger partial charge in [0.2, 0.25) is 5.91 Å². The molecule has 0 spiro atoms. The summed E-state index contributed by atoms with van der Waals surface area (Å²) in [5.74, 6) is 1.12. The van der Waals surface area contributed by atoms with E-state index >= 15 is 0 Å². The fraction of sp³-hybridized carbons (Fsp3) is 0.318. The summed E-state index contributed by atoms with van der Waals surface area (Å²) < 4.78 is 6.58. The van der Waals surface area contributed by atoms with Crippen molar-refractivity contribution in [1.29, 1.82) is 0 Å². The number of halogens is 1. The van der Waals surface area contributed by atoms with Crippen molar-refractivity contribution in [1.82, 2.24) is 9.80 Å². The van der Waals surface area contributed by atoms with Crippen LogP contribution in [0.4, 0.5) is 0 Å².